The predicted octanol–water partition coefficient (Wildman–Crippen LogP) is 2.09. The van der Waals surface area contributed by atoms with E-state index < -0.39 is 0 Å². The summed E-state index contributed by atoms with van der Waals surface area (Å²) >= 11 is 0. The van der Waals surface area contributed by atoms with Gasteiger partial charge in [0.25, 0.3) is 0 Å². The molecule has 3 N–H and O–H groups in total. The molecule has 2 heteroatoms. The van der Waals surface area contributed by atoms with E-state index in [1.165, 1.54) is 22.3 Å². The molecule has 0 amide bonds. The quantitative estimate of drug-likeness (QED) is 0.526. The van der Waals surface area contributed by atoms with Gasteiger partial charge in [-0.2, -0.15) is 0 Å². The molecule has 70 valence electrons. The number of aryl methyl sites for hydroxylation is 3. The average molecular weight is 176 g/mol. The number of nitrogens with one attached hydrogen (secondary N) is 1. The van der Waals surface area contributed by atoms with Crippen LogP contribution in [0, 0.1) is 26.2 Å². The lowest BCUT2D eigenvalue weighted by Gasteiger charge is -2.09. The summed E-state index contributed by atoms with van der Waals surface area (Å²) in [6.07, 6.45) is 0.567. The highest BCUT2D eigenvalue weighted by molar-refractivity contribution is 5.80. The standard InChI is InChI=1S/C11H16N2/c1-7-4-8(2)10(6-11(12)13)9(3)5-7/h4-5H,6H2,1-3H3,(H3,12,13). The van der Waals surface area contributed by atoms with Gasteiger partial charge in [-0.25, -0.2) is 0 Å². The van der Waals surface area contributed by atoms with Crippen molar-refractivity contribution >= 4 is 5.84 Å². The molecule has 0 atom stereocenters. The number of amidine groups is 1. The van der Waals surface area contributed by atoms with Crippen LogP contribution in [0.5, 0.6) is 0 Å². The summed E-state index contributed by atoms with van der Waals surface area (Å²) in [6, 6.07) is 4.26. The van der Waals surface area contributed by atoms with Crippen LogP contribution in [-0.2, 0) is 6.42 Å². The van der Waals surface area contributed by atoms with Gasteiger partial charge in [0.15, 0.2) is 0 Å². The van der Waals surface area contributed by atoms with E-state index in [1.54, 1.807) is 0 Å². The van der Waals surface area contributed by atoms with Crippen molar-refractivity contribution in [2.75, 3.05) is 0 Å². The second-order valence-electron chi connectivity index (χ2n) is 3.58. The number of rotatable bonds is 2. The first-order chi connectivity index (χ1) is 6.00. The van der Waals surface area contributed by atoms with Gasteiger partial charge in [0, 0.05) is 6.42 Å². The maximum absolute atomic E-state index is 7.26. The Morgan fingerprint density at radius 3 is 2.08 bits per heavy atom. The van der Waals surface area contributed by atoms with Crippen LogP contribution >= 0.6 is 0 Å². The van der Waals surface area contributed by atoms with Gasteiger partial charge in [-0.3, -0.25) is 5.41 Å². The summed E-state index contributed by atoms with van der Waals surface area (Å²) in [4.78, 5) is 0. The average Bonchev–Trinajstić information content (AvgIpc) is 1.96. The van der Waals surface area contributed by atoms with E-state index in [1.807, 2.05) is 0 Å². The van der Waals surface area contributed by atoms with E-state index in [0.29, 0.717) is 6.42 Å². The second-order valence-corrected chi connectivity index (χ2v) is 3.58. The fraction of sp³-hybridized carbons (Fsp3) is 0.364. The molecule has 0 heterocycles. The van der Waals surface area contributed by atoms with Crippen LogP contribution in [0.1, 0.15) is 22.3 Å². The van der Waals surface area contributed by atoms with Gasteiger partial charge >= 0.3 is 0 Å². The first kappa shape index (κ1) is 9.78. The Morgan fingerprint density at radius 2 is 1.69 bits per heavy atom. The molecule has 13 heavy (non-hydrogen) atoms. The topological polar surface area (TPSA) is 49.9 Å². The summed E-state index contributed by atoms with van der Waals surface area (Å²) in [7, 11) is 0. The fourth-order valence-corrected chi connectivity index (χ4v) is 1.68. The van der Waals surface area contributed by atoms with Crippen molar-refractivity contribution in [2.45, 2.75) is 27.2 Å². The Balaban J connectivity index is 3.13. The summed E-state index contributed by atoms with van der Waals surface area (Å²) in [5.74, 6) is 0.232. The smallest absolute Gasteiger partial charge is 0.0950 e. The number of nitrogens with two attached hydrogens (primary N) is 1. The van der Waals surface area contributed by atoms with Crippen LogP contribution in [0.25, 0.3) is 0 Å². The predicted molar refractivity (Wildman–Crippen MR) is 56.3 cm³/mol. The SMILES string of the molecule is Cc1cc(C)c(CC(=N)N)c(C)c1. The fourth-order valence-electron chi connectivity index (χ4n) is 1.68. The Bertz CT molecular complexity index is 317. The maximum atomic E-state index is 7.26. The van der Waals surface area contributed by atoms with Crippen molar-refractivity contribution in [1.29, 1.82) is 5.41 Å². The molecule has 0 saturated heterocycles. The molecule has 0 saturated carbocycles. The maximum Gasteiger partial charge on any atom is 0.0950 e. The van der Waals surface area contributed by atoms with Crippen molar-refractivity contribution in [3.8, 4) is 0 Å². The van der Waals surface area contributed by atoms with Crippen LogP contribution < -0.4 is 5.73 Å². The van der Waals surface area contributed by atoms with E-state index in [-0.39, 0.29) is 5.84 Å². The highest BCUT2D eigenvalue weighted by atomic mass is 14.7. The summed E-state index contributed by atoms with van der Waals surface area (Å²) < 4.78 is 0. The third kappa shape index (κ3) is 2.31. The lowest BCUT2D eigenvalue weighted by Crippen LogP contribution is -2.14. The van der Waals surface area contributed by atoms with Crippen LogP contribution in [0.4, 0.5) is 0 Å². The van der Waals surface area contributed by atoms with Gasteiger partial charge in [0.2, 0.25) is 0 Å². The highest BCUT2D eigenvalue weighted by Crippen LogP contribution is 2.16. The molecule has 1 aromatic carbocycles. The zero-order valence-corrected chi connectivity index (χ0v) is 8.44. The van der Waals surface area contributed by atoms with E-state index in [9.17, 15) is 0 Å². The highest BCUT2D eigenvalue weighted by Gasteiger charge is 2.04. The molecule has 0 radical (unpaired) electrons. The Kier molecular flexibility index (Phi) is 2.71. The number of benzene rings is 1. The molecule has 2 nitrogen and oxygen atoms in total. The zero-order chi connectivity index (χ0) is 10.0. The molecule has 1 rings (SSSR count). The van der Waals surface area contributed by atoms with Crippen molar-refractivity contribution in [3.05, 3.63) is 34.4 Å². The first-order valence-electron chi connectivity index (χ1n) is 4.40. The molecule has 1 aromatic rings. The van der Waals surface area contributed by atoms with E-state index in [2.05, 4.69) is 32.9 Å². The molecule has 0 fully saturated rings. The van der Waals surface area contributed by atoms with Gasteiger partial charge in [-0.05, 0) is 37.5 Å². The van der Waals surface area contributed by atoms with Crippen LogP contribution in [0.15, 0.2) is 12.1 Å². The first-order valence-corrected chi connectivity index (χ1v) is 4.40. The van der Waals surface area contributed by atoms with E-state index in [0.717, 1.165) is 0 Å². The molecular formula is C11H16N2. The minimum Gasteiger partial charge on any atom is -0.387 e. The van der Waals surface area contributed by atoms with Crippen molar-refractivity contribution in [2.24, 2.45) is 5.73 Å². The second kappa shape index (κ2) is 3.60. The third-order valence-corrected chi connectivity index (χ3v) is 2.21. The number of hydrogen-bond acceptors (Lipinski definition) is 1. The lowest BCUT2D eigenvalue weighted by molar-refractivity contribution is 1.15. The summed E-state index contributed by atoms with van der Waals surface area (Å²) in [6.45, 7) is 6.22. The molecule has 0 bridgehead atoms. The van der Waals surface area contributed by atoms with E-state index >= 15 is 0 Å². The molecule has 0 aromatic heterocycles. The van der Waals surface area contributed by atoms with Gasteiger partial charge in [0.05, 0.1) is 5.84 Å². The van der Waals surface area contributed by atoms with Crippen molar-refractivity contribution in [1.82, 2.24) is 0 Å². The number of hydrogen-bond donors (Lipinski definition) is 2. The van der Waals surface area contributed by atoms with Crippen LogP contribution in [-0.4, -0.2) is 5.84 Å². The molecule has 0 aliphatic heterocycles. The monoisotopic (exact) mass is 176 g/mol. The minimum absolute atomic E-state index is 0.232. The Hall–Kier alpha value is -1.31. The lowest BCUT2D eigenvalue weighted by atomic mass is 9.97. The van der Waals surface area contributed by atoms with Crippen LogP contribution in [0.3, 0.4) is 0 Å². The molecule has 0 unspecified atom stereocenters. The van der Waals surface area contributed by atoms with Gasteiger partial charge in [-0.1, -0.05) is 17.7 Å². The Labute approximate surface area is 79.3 Å². The summed E-state index contributed by atoms with van der Waals surface area (Å²) in [5, 5.41) is 7.26. The zero-order valence-electron chi connectivity index (χ0n) is 8.44. The van der Waals surface area contributed by atoms with Gasteiger partial charge < -0.3 is 5.73 Å². The largest absolute Gasteiger partial charge is 0.387 e. The van der Waals surface area contributed by atoms with E-state index in [4.69, 9.17) is 11.1 Å². The normalized spacial score (nSPS) is 10.1. The molecular weight excluding hydrogens is 160 g/mol. The molecule has 0 aliphatic carbocycles. The van der Waals surface area contributed by atoms with Crippen molar-refractivity contribution in [3.63, 3.8) is 0 Å². The third-order valence-electron chi connectivity index (χ3n) is 2.21. The van der Waals surface area contributed by atoms with Crippen molar-refractivity contribution < 1.29 is 0 Å². The van der Waals surface area contributed by atoms with Gasteiger partial charge in [-0.15, -0.1) is 0 Å². The Morgan fingerprint density at radius 1 is 1.23 bits per heavy atom. The molecule has 0 spiro atoms. The summed E-state index contributed by atoms with van der Waals surface area (Å²) in [5.41, 5.74) is 10.3. The van der Waals surface area contributed by atoms with Gasteiger partial charge in [0.1, 0.15) is 0 Å². The minimum atomic E-state index is 0.232. The van der Waals surface area contributed by atoms with Crippen LogP contribution in [0.2, 0.25) is 0 Å². The molecule has 0 aliphatic rings.